The number of para-hydroxylation sites is 1. The maximum absolute atomic E-state index is 14.8. The maximum atomic E-state index is 14.8. The topological polar surface area (TPSA) is 149 Å². The van der Waals surface area contributed by atoms with Gasteiger partial charge in [0, 0.05) is 31.8 Å². The number of carbonyl (C=O) groups excluding carboxylic acids is 2. The lowest BCUT2D eigenvalue weighted by molar-refractivity contribution is -0.123. The number of likely N-dealkylation sites (N-methyl/N-ethyl adjacent to an activating group) is 1. The van der Waals surface area contributed by atoms with Gasteiger partial charge in [0.05, 0.1) is 17.6 Å². The van der Waals surface area contributed by atoms with Crippen molar-refractivity contribution in [3.05, 3.63) is 70.4 Å². The molecule has 13 heteroatoms. The lowest BCUT2D eigenvalue weighted by Gasteiger charge is -2.20. The van der Waals surface area contributed by atoms with Crippen molar-refractivity contribution in [1.82, 2.24) is 24.8 Å². The van der Waals surface area contributed by atoms with E-state index in [-0.39, 0.29) is 47.9 Å². The van der Waals surface area contributed by atoms with Gasteiger partial charge >= 0.3 is 6.09 Å². The van der Waals surface area contributed by atoms with Crippen molar-refractivity contribution < 1.29 is 28.3 Å². The number of pyridine rings is 1. The summed E-state index contributed by atoms with van der Waals surface area (Å²) in [4.78, 5) is 57.4. The monoisotopic (exact) mass is 558 g/mol. The summed E-state index contributed by atoms with van der Waals surface area (Å²) in [5.41, 5.74) is -0.415. The number of hydrogen-bond acceptors (Lipinski definition) is 5. The van der Waals surface area contributed by atoms with E-state index in [4.69, 9.17) is 5.11 Å². The second-order valence-corrected chi connectivity index (χ2v) is 9.72. The maximum Gasteiger partial charge on any atom is 0.405 e. The van der Waals surface area contributed by atoms with E-state index in [0.717, 1.165) is 0 Å². The highest BCUT2D eigenvalue weighted by molar-refractivity contribution is 5.96. The van der Waals surface area contributed by atoms with Gasteiger partial charge in [-0.25, -0.2) is 18.6 Å². The van der Waals surface area contributed by atoms with Crippen LogP contribution < -0.4 is 16.2 Å². The molecule has 1 unspecified atom stereocenters. The Morgan fingerprint density at radius 1 is 1.20 bits per heavy atom. The van der Waals surface area contributed by atoms with E-state index in [1.54, 1.807) is 20.2 Å². The van der Waals surface area contributed by atoms with Crippen molar-refractivity contribution in [1.29, 1.82) is 0 Å². The van der Waals surface area contributed by atoms with Gasteiger partial charge in [-0.2, -0.15) is 0 Å². The Labute approximate surface area is 228 Å². The molecule has 11 nitrogen and oxygen atoms in total. The van der Waals surface area contributed by atoms with Crippen LogP contribution in [0.5, 0.6) is 0 Å². The molecule has 0 fully saturated rings. The summed E-state index contributed by atoms with van der Waals surface area (Å²) in [6.45, 7) is 2.75. The number of carboxylic acid groups (broad SMARTS) is 1. The molecule has 0 saturated carbocycles. The highest BCUT2D eigenvalue weighted by atomic mass is 19.3. The Bertz CT molecular complexity index is 1480. The summed E-state index contributed by atoms with van der Waals surface area (Å²) in [7, 11) is 3.16. The number of rotatable bonds is 11. The number of carbonyl (C=O) groups is 3. The first-order chi connectivity index (χ1) is 18.8. The first-order valence-electron chi connectivity index (χ1n) is 12.5. The highest BCUT2D eigenvalue weighted by Crippen LogP contribution is 2.38. The third kappa shape index (κ3) is 7.10. The molecule has 0 aliphatic heterocycles. The summed E-state index contributed by atoms with van der Waals surface area (Å²) in [5.74, 6) is -4.81. The van der Waals surface area contributed by atoms with Gasteiger partial charge in [-0.05, 0) is 37.1 Å². The van der Waals surface area contributed by atoms with Gasteiger partial charge in [-0.15, -0.1) is 0 Å². The molecule has 3 aromatic rings. The first-order valence-corrected chi connectivity index (χ1v) is 12.5. The lowest BCUT2D eigenvalue weighted by Crippen LogP contribution is -2.44. The molecule has 3 amide bonds. The molecule has 0 aliphatic carbocycles. The Balaban J connectivity index is 1.79. The molecule has 1 aromatic carbocycles. The van der Waals surface area contributed by atoms with Crippen molar-refractivity contribution in [2.24, 2.45) is 5.92 Å². The number of aromatic amines is 1. The van der Waals surface area contributed by atoms with E-state index in [0.29, 0.717) is 5.52 Å². The van der Waals surface area contributed by atoms with Crippen molar-refractivity contribution in [3.8, 4) is 0 Å². The molecule has 1 atom stereocenters. The van der Waals surface area contributed by atoms with E-state index in [9.17, 15) is 28.0 Å². The van der Waals surface area contributed by atoms with Gasteiger partial charge in [0.2, 0.25) is 11.8 Å². The first kappa shape index (κ1) is 30.0. The second-order valence-electron chi connectivity index (χ2n) is 9.72. The Morgan fingerprint density at radius 2 is 1.93 bits per heavy atom. The smallest absolute Gasteiger partial charge is 0.405 e. The second kappa shape index (κ2) is 12.5. The van der Waals surface area contributed by atoms with Crippen LogP contribution in [0, 0.1) is 5.92 Å². The van der Waals surface area contributed by atoms with E-state index in [2.05, 4.69) is 20.6 Å². The SMILES string of the molecule is CC(C)C(F)(F)c1cccc2[nH]c(Cn3cccc(NC(=O)C(CCC=CC(=O)N(C)C)NC(=O)O)c3=O)nc12. The van der Waals surface area contributed by atoms with Gasteiger partial charge in [0.15, 0.2) is 0 Å². The Morgan fingerprint density at radius 3 is 2.58 bits per heavy atom. The molecule has 0 radical (unpaired) electrons. The molecule has 214 valence electrons. The van der Waals surface area contributed by atoms with Gasteiger partial charge in [-0.3, -0.25) is 14.4 Å². The summed E-state index contributed by atoms with van der Waals surface area (Å²) in [6.07, 6.45) is 3.13. The minimum atomic E-state index is -3.11. The standard InChI is InChI=1S/C27H32F2N6O5/c1-16(2)27(28,29)17-9-7-11-18-23(17)33-21(30-18)15-35-14-8-12-20(25(35)38)31-24(37)19(32-26(39)40)10-5-6-13-22(36)34(3)4/h6-9,11-14,16,19,32H,5,10,15H2,1-4H3,(H,30,33)(H,31,37)(H,39,40). The number of benzene rings is 1. The van der Waals surface area contributed by atoms with Gasteiger partial charge in [0.1, 0.15) is 17.6 Å². The average Bonchev–Trinajstić information content (AvgIpc) is 3.30. The number of allylic oxidation sites excluding steroid dienone is 1. The number of alkyl halides is 2. The minimum Gasteiger partial charge on any atom is -0.465 e. The minimum absolute atomic E-state index is 0.0404. The molecular weight excluding hydrogens is 526 g/mol. The third-order valence-corrected chi connectivity index (χ3v) is 6.18. The van der Waals surface area contributed by atoms with Crippen molar-refractivity contribution in [2.75, 3.05) is 19.4 Å². The van der Waals surface area contributed by atoms with Crippen LogP contribution in [-0.2, 0) is 22.1 Å². The molecule has 2 heterocycles. The van der Waals surface area contributed by atoms with Crippen molar-refractivity contribution >= 4 is 34.6 Å². The van der Waals surface area contributed by atoms with Crippen LogP contribution in [0.1, 0.15) is 38.1 Å². The summed E-state index contributed by atoms with van der Waals surface area (Å²) in [5, 5.41) is 13.7. The molecule has 2 aromatic heterocycles. The van der Waals surface area contributed by atoms with Gasteiger partial charge in [0.25, 0.3) is 11.5 Å². The molecule has 0 spiro atoms. The average molecular weight is 559 g/mol. The van der Waals surface area contributed by atoms with Crippen LogP contribution in [0.3, 0.4) is 0 Å². The number of nitrogens with one attached hydrogen (secondary N) is 3. The third-order valence-electron chi connectivity index (χ3n) is 6.18. The quantitative estimate of drug-likeness (QED) is 0.265. The van der Waals surface area contributed by atoms with E-state index >= 15 is 0 Å². The fourth-order valence-electron chi connectivity index (χ4n) is 3.89. The number of anilines is 1. The van der Waals surface area contributed by atoms with Gasteiger partial charge in [-0.1, -0.05) is 32.1 Å². The number of imidazole rings is 1. The largest absolute Gasteiger partial charge is 0.465 e. The lowest BCUT2D eigenvalue weighted by atomic mass is 9.97. The van der Waals surface area contributed by atoms with E-state index in [1.165, 1.54) is 65.9 Å². The summed E-state index contributed by atoms with van der Waals surface area (Å²) < 4.78 is 30.8. The molecule has 4 N–H and O–H groups in total. The molecule has 0 bridgehead atoms. The molecule has 0 aliphatic rings. The highest BCUT2D eigenvalue weighted by Gasteiger charge is 2.37. The van der Waals surface area contributed by atoms with Crippen molar-refractivity contribution in [3.63, 3.8) is 0 Å². The number of aromatic nitrogens is 3. The van der Waals surface area contributed by atoms with Crippen LogP contribution in [-0.4, -0.2) is 62.6 Å². The van der Waals surface area contributed by atoms with Crippen LogP contribution in [0.2, 0.25) is 0 Å². The summed E-state index contributed by atoms with van der Waals surface area (Å²) in [6, 6.07) is 6.13. The zero-order valence-electron chi connectivity index (χ0n) is 22.6. The molecule has 3 rings (SSSR count). The zero-order chi connectivity index (χ0) is 29.6. The Hall–Kier alpha value is -4.55. The van der Waals surface area contributed by atoms with Crippen LogP contribution in [0.15, 0.2) is 53.5 Å². The number of fused-ring (bicyclic) bond motifs is 1. The number of hydrogen-bond donors (Lipinski definition) is 4. The zero-order valence-corrected chi connectivity index (χ0v) is 22.6. The van der Waals surface area contributed by atoms with Crippen LogP contribution >= 0.6 is 0 Å². The Kier molecular flexibility index (Phi) is 9.40. The predicted molar refractivity (Wildman–Crippen MR) is 145 cm³/mol. The normalized spacial score (nSPS) is 12.6. The predicted octanol–water partition coefficient (Wildman–Crippen LogP) is 3.52. The summed E-state index contributed by atoms with van der Waals surface area (Å²) >= 11 is 0. The molecule has 40 heavy (non-hydrogen) atoms. The number of H-pyrrole nitrogens is 1. The van der Waals surface area contributed by atoms with Crippen LogP contribution in [0.4, 0.5) is 19.3 Å². The molecular formula is C27H32F2N6O5. The molecule has 0 saturated heterocycles. The van der Waals surface area contributed by atoms with E-state index < -0.39 is 35.4 Å². The fourth-order valence-corrected chi connectivity index (χ4v) is 3.89. The van der Waals surface area contributed by atoms with E-state index in [1.807, 2.05) is 0 Å². The van der Waals surface area contributed by atoms with Gasteiger partial charge < -0.3 is 30.2 Å². The number of halogens is 2. The van der Waals surface area contributed by atoms with Crippen molar-refractivity contribution in [2.45, 2.75) is 45.2 Å². The number of amides is 3. The fraction of sp³-hybridized carbons (Fsp3) is 0.370. The van der Waals surface area contributed by atoms with Crippen LogP contribution in [0.25, 0.3) is 11.0 Å². The number of nitrogens with zero attached hydrogens (tertiary/aromatic N) is 3.